The van der Waals surface area contributed by atoms with Crippen molar-refractivity contribution < 1.29 is 0 Å². The zero-order valence-corrected chi connectivity index (χ0v) is 17.9. The van der Waals surface area contributed by atoms with Crippen molar-refractivity contribution >= 4 is 41.3 Å². The summed E-state index contributed by atoms with van der Waals surface area (Å²) in [4.78, 5) is 11.1. The zero-order valence-electron chi connectivity index (χ0n) is 15.6. The van der Waals surface area contributed by atoms with E-state index in [1.165, 1.54) is 36.1 Å². The van der Waals surface area contributed by atoms with E-state index in [4.69, 9.17) is 5.73 Å². The molecule has 0 atom stereocenters. The largest absolute Gasteiger partial charge is 0.371 e. The molecule has 27 heavy (non-hydrogen) atoms. The number of nitrogens with two attached hydrogens (primary N) is 1. The Bertz CT molecular complexity index is 769. The molecular formula is C21H28IN5. The summed E-state index contributed by atoms with van der Waals surface area (Å²) < 4.78 is 0. The Labute approximate surface area is 178 Å². The Morgan fingerprint density at radius 3 is 2.63 bits per heavy atom. The standard InChI is InChI=1S/C21H27N5.HI/c22-21(25-19-5-4-17-2-1-3-18(17)14-19)24-15-16-8-12-26(13-9-16)20-6-10-23-11-7-20;/h4-7,10-11,14,16H,1-3,8-9,12-13,15H2,(H3,22,24,25);1H. The number of aromatic nitrogens is 1. The Morgan fingerprint density at radius 2 is 1.85 bits per heavy atom. The van der Waals surface area contributed by atoms with Crippen LogP contribution in [0.4, 0.5) is 11.4 Å². The molecule has 2 heterocycles. The monoisotopic (exact) mass is 477 g/mol. The number of piperidine rings is 1. The lowest BCUT2D eigenvalue weighted by Crippen LogP contribution is -2.35. The fourth-order valence-corrected chi connectivity index (χ4v) is 3.99. The van der Waals surface area contributed by atoms with Crippen molar-refractivity contribution in [3.05, 3.63) is 53.9 Å². The molecule has 0 amide bonds. The highest BCUT2D eigenvalue weighted by Gasteiger charge is 2.19. The lowest BCUT2D eigenvalue weighted by atomic mass is 9.97. The third-order valence-electron chi connectivity index (χ3n) is 5.53. The third-order valence-corrected chi connectivity index (χ3v) is 5.53. The van der Waals surface area contributed by atoms with Crippen LogP contribution >= 0.6 is 24.0 Å². The van der Waals surface area contributed by atoms with E-state index in [2.05, 4.69) is 50.5 Å². The first kappa shape index (κ1) is 19.9. The van der Waals surface area contributed by atoms with Crippen LogP contribution in [0.15, 0.2) is 47.7 Å². The summed E-state index contributed by atoms with van der Waals surface area (Å²) in [5.41, 5.74) is 11.4. The quantitative estimate of drug-likeness (QED) is 0.399. The Balaban J connectivity index is 0.00000210. The number of hydrogen-bond donors (Lipinski definition) is 2. The van der Waals surface area contributed by atoms with Gasteiger partial charge < -0.3 is 16.0 Å². The van der Waals surface area contributed by atoms with E-state index in [0.717, 1.165) is 38.2 Å². The highest BCUT2D eigenvalue weighted by molar-refractivity contribution is 14.0. The number of nitrogens with one attached hydrogen (secondary N) is 1. The van der Waals surface area contributed by atoms with Crippen LogP contribution in [0.3, 0.4) is 0 Å². The number of nitrogens with zero attached hydrogens (tertiary/aromatic N) is 3. The molecule has 0 spiro atoms. The van der Waals surface area contributed by atoms with Gasteiger partial charge in [-0.05, 0) is 73.4 Å². The van der Waals surface area contributed by atoms with Crippen molar-refractivity contribution in [3.63, 3.8) is 0 Å². The van der Waals surface area contributed by atoms with Crippen molar-refractivity contribution in [2.45, 2.75) is 32.1 Å². The number of aryl methyl sites for hydroxylation is 2. The number of hydrogen-bond acceptors (Lipinski definition) is 3. The first-order valence-electron chi connectivity index (χ1n) is 9.61. The number of aliphatic imine (C=N–C) groups is 1. The minimum Gasteiger partial charge on any atom is -0.371 e. The second kappa shape index (κ2) is 9.39. The maximum atomic E-state index is 6.11. The molecule has 1 aliphatic carbocycles. The summed E-state index contributed by atoms with van der Waals surface area (Å²) in [6, 6.07) is 10.7. The summed E-state index contributed by atoms with van der Waals surface area (Å²) in [5, 5.41) is 3.26. The smallest absolute Gasteiger partial charge is 0.193 e. The zero-order chi connectivity index (χ0) is 17.8. The van der Waals surface area contributed by atoms with Gasteiger partial charge in [0.15, 0.2) is 5.96 Å². The molecule has 5 nitrogen and oxygen atoms in total. The van der Waals surface area contributed by atoms with Crippen LogP contribution < -0.4 is 16.0 Å². The first-order chi connectivity index (χ1) is 12.8. The van der Waals surface area contributed by atoms with Gasteiger partial charge in [-0.2, -0.15) is 0 Å². The SMILES string of the molecule is I.NC(=NCC1CCN(c2ccncc2)CC1)Nc1ccc2c(c1)CCC2. The van der Waals surface area contributed by atoms with E-state index in [0.29, 0.717) is 11.9 Å². The second-order valence-corrected chi connectivity index (χ2v) is 7.32. The number of halogens is 1. The molecule has 6 heteroatoms. The fraction of sp³-hybridized carbons (Fsp3) is 0.429. The third kappa shape index (κ3) is 5.12. The highest BCUT2D eigenvalue weighted by Crippen LogP contribution is 2.25. The lowest BCUT2D eigenvalue weighted by Gasteiger charge is -2.33. The van der Waals surface area contributed by atoms with Crippen LogP contribution in [-0.4, -0.2) is 30.6 Å². The van der Waals surface area contributed by atoms with Crippen LogP contribution in [0.1, 0.15) is 30.4 Å². The van der Waals surface area contributed by atoms with Gasteiger partial charge in [-0.15, -0.1) is 24.0 Å². The number of pyridine rings is 1. The van der Waals surface area contributed by atoms with E-state index in [9.17, 15) is 0 Å². The van der Waals surface area contributed by atoms with Crippen molar-refractivity contribution in [1.82, 2.24) is 4.98 Å². The molecule has 1 aliphatic heterocycles. The Morgan fingerprint density at radius 1 is 1.11 bits per heavy atom. The Kier molecular flexibility index (Phi) is 6.93. The van der Waals surface area contributed by atoms with E-state index in [1.807, 2.05) is 12.4 Å². The molecule has 2 aromatic rings. The van der Waals surface area contributed by atoms with Crippen molar-refractivity contribution in [3.8, 4) is 0 Å². The van der Waals surface area contributed by atoms with Crippen LogP contribution in [0.25, 0.3) is 0 Å². The molecular weight excluding hydrogens is 449 g/mol. The molecule has 1 saturated heterocycles. The average molecular weight is 477 g/mol. The van der Waals surface area contributed by atoms with Crippen LogP contribution in [0.2, 0.25) is 0 Å². The van der Waals surface area contributed by atoms with Crippen LogP contribution in [0, 0.1) is 5.92 Å². The van der Waals surface area contributed by atoms with Gasteiger partial charge in [0.1, 0.15) is 0 Å². The van der Waals surface area contributed by atoms with Gasteiger partial charge in [-0.1, -0.05) is 6.07 Å². The number of rotatable bonds is 4. The summed E-state index contributed by atoms with van der Waals surface area (Å²) in [5.74, 6) is 1.13. The number of guanidine groups is 1. The molecule has 1 aromatic carbocycles. The van der Waals surface area contributed by atoms with E-state index in [1.54, 1.807) is 0 Å². The van der Waals surface area contributed by atoms with E-state index < -0.39 is 0 Å². The van der Waals surface area contributed by atoms with Gasteiger partial charge in [0.2, 0.25) is 0 Å². The Hall–Kier alpha value is -1.83. The molecule has 0 saturated carbocycles. The van der Waals surface area contributed by atoms with Crippen molar-refractivity contribution in [2.75, 3.05) is 29.9 Å². The predicted molar refractivity (Wildman–Crippen MR) is 123 cm³/mol. The molecule has 0 bridgehead atoms. The minimum atomic E-state index is 0. The lowest BCUT2D eigenvalue weighted by molar-refractivity contribution is 0.415. The van der Waals surface area contributed by atoms with Gasteiger partial charge in [0, 0.05) is 43.4 Å². The molecule has 0 radical (unpaired) electrons. The molecule has 144 valence electrons. The van der Waals surface area contributed by atoms with Gasteiger partial charge in [0.05, 0.1) is 0 Å². The van der Waals surface area contributed by atoms with Crippen molar-refractivity contribution in [2.24, 2.45) is 16.6 Å². The summed E-state index contributed by atoms with van der Waals surface area (Å²) >= 11 is 0. The van der Waals surface area contributed by atoms with Crippen LogP contribution in [-0.2, 0) is 12.8 Å². The van der Waals surface area contributed by atoms with Crippen LogP contribution in [0.5, 0.6) is 0 Å². The molecule has 1 fully saturated rings. The van der Waals surface area contributed by atoms with Gasteiger partial charge in [-0.3, -0.25) is 9.98 Å². The molecule has 4 rings (SSSR count). The summed E-state index contributed by atoms with van der Waals surface area (Å²) in [6.45, 7) is 2.94. The summed E-state index contributed by atoms with van der Waals surface area (Å²) in [6.07, 6.45) is 9.67. The topological polar surface area (TPSA) is 66.5 Å². The second-order valence-electron chi connectivity index (χ2n) is 7.32. The fourth-order valence-electron chi connectivity index (χ4n) is 3.99. The predicted octanol–water partition coefficient (Wildman–Crippen LogP) is 3.83. The first-order valence-corrected chi connectivity index (χ1v) is 9.61. The number of anilines is 2. The van der Waals surface area contributed by atoms with Crippen molar-refractivity contribution in [1.29, 1.82) is 0 Å². The number of benzene rings is 1. The normalized spacial score (nSPS) is 17.3. The maximum absolute atomic E-state index is 6.11. The van der Waals surface area contributed by atoms with E-state index >= 15 is 0 Å². The minimum absolute atomic E-state index is 0. The maximum Gasteiger partial charge on any atom is 0.193 e. The van der Waals surface area contributed by atoms with Gasteiger partial charge >= 0.3 is 0 Å². The average Bonchev–Trinajstić information content (AvgIpc) is 3.15. The molecule has 3 N–H and O–H groups in total. The van der Waals surface area contributed by atoms with E-state index in [-0.39, 0.29) is 24.0 Å². The molecule has 2 aliphatic rings. The molecule has 0 unspecified atom stereocenters. The van der Waals surface area contributed by atoms with Gasteiger partial charge in [-0.25, -0.2) is 0 Å². The van der Waals surface area contributed by atoms with Gasteiger partial charge in [0.25, 0.3) is 0 Å². The summed E-state index contributed by atoms with van der Waals surface area (Å²) in [7, 11) is 0. The molecule has 1 aromatic heterocycles. The number of fused-ring (bicyclic) bond motifs is 1. The highest BCUT2D eigenvalue weighted by atomic mass is 127.